The van der Waals surface area contributed by atoms with Crippen molar-refractivity contribution in [1.29, 1.82) is 0 Å². The topological polar surface area (TPSA) is 20.2 Å². The number of rotatable bonds is 2. The molecule has 21 heavy (non-hydrogen) atoms. The van der Waals surface area contributed by atoms with Crippen molar-refractivity contribution in [1.82, 2.24) is 0 Å². The number of hydrogen-bond acceptors (Lipinski definition) is 1. The molecule has 0 radical (unpaired) electrons. The molecule has 0 heterocycles. The Hall–Kier alpha value is -1.02. The zero-order valence-corrected chi connectivity index (χ0v) is 13.2. The molecule has 0 aliphatic heterocycles. The molecule has 1 aliphatic rings. The van der Waals surface area contributed by atoms with Crippen molar-refractivity contribution in [3.8, 4) is 0 Å². The summed E-state index contributed by atoms with van der Waals surface area (Å²) in [7, 11) is 0. The summed E-state index contributed by atoms with van der Waals surface area (Å²) in [6.45, 7) is 0. The van der Waals surface area contributed by atoms with Gasteiger partial charge in [-0.25, -0.2) is 0 Å². The monoisotopic (exact) mass is 320 g/mol. The van der Waals surface area contributed by atoms with Crippen LogP contribution < -0.4 is 0 Å². The molecule has 0 spiro atoms. The van der Waals surface area contributed by atoms with Crippen LogP contribution in [0.4, 0.5) is 0 Å². The Kier molecular flexibility index (Phi) is 4.26. The molecule has 1 fully saturated rings. The lowest BCUT2D eigenvalue weighted by Gasteiger charge is -2.36. The lowest BCUT2D eigenvalue weighted by Crippen LogP contribution is -2.30. The van der Waals surface area contributed by atoms with E-state index in [-0.39, 0.29) is 0 Å². The van der Waals surface area contributed by atoms with E-state index in [1.165, 1.54) is 5.56 Å². The minimum atomic E-state index is -0.778. The summed E-state index contributed by atoms with van der Waals surface area (Å²) in [6, 6.07) is 16.0. The average Bonchev–Trinajstić information content (AvgIpc) is 2.51. The first kappa shape index (κ1) is 14.9. The first-order valence-corrected chi connectivity index (χ1v) is 8.07. The molecular formula is C18H18Cl2O. The van der Waals surface area contributed by atoms with E-state index in [4.69, 9.17) is 23.2 Å². The maximum atomic E-state index is 10.9. The van der Waals surface area contributed by atoms with Crippen LogP contribution >= 0.6 is 23.2 Å². The lowest BCUT2D eigenvalue weighted by molar-refractivity contribution is -0.00565. The van der Waals surface area contributed by atoms with Crippen LogP contribution in [0.25, 0.3) is 0 Å². The SMILES string of the molecule is OC1(c2ccc(Cl)c(Cl)c2)CCC(c2ccccc2)CC1. The minimum absolute atomic E-state index is 0.507. The lowest BCUT2D eigenvalue weighted by atomic mass is 9.73. The molecule has 0 unspecified atom stereocenters. The minimum Gasteiger partial charge on any atom is -0.385 e. The van der Waals surface area contributed by atoms with Gasteiger partial charge >= 0.3 is 0 Å². The molecule has 0 aromatic heterocycles. The quantitative estimate of drug-likeness (QED) is 0.770. The van der Waals surface area contributed by atoms with Crippen LogP contribution in [-0.2, 0) is 5.60 Å². The Labute approximate surface area is 135 Å². The standard InChI is InChI=1S/C18H18Cl2O/c19-16-7-6-15(12-17(16)20)18(21)10-8-14(9-11-18)13-4-2-1-3-5-13/h1-7,12,14,21H,8-11H2. The van der Waals surface area contributed by atoms with Crippen LogP contribution in [0.3, 0.4) is 0 Å². The van der Waals surface area contributed by atoms with E-state index in [9.17, 15) is 5.11 Å². The van der Waals surface area contributed by atoms with E-state index in [1.54, 1.807) is 12.1 Å². The summed E-state index contributed by atoms with van der Waals surface area (Å²) in [6.07, 6.45) is 3.48. The van der Waals surface area contributed by atoms with E-state index in [0.29, 0.717) is 16.0 Å². The molecule has 0 amide bonds. The molecule has 1 aliphatic carbocycles. The third-order valence-corrected chi connectivity index (χ3v) is 5.28. The van der Waals surface area contributed by atoms with E-state index >= 15 is 0 Å². The summed E-state index contributed by atoms with van der Waals surface area (Å²) in [5.41, 5.74) is 1.47. The maximum absolute atomic E-state index is 10.9. The van der Waals surface area contributed by atoms with Gasteiger partial charge in [-0.1, -0.05) is 59.6 Å². The van der Waals surface area contributed by atoms with Crippen LogP contribution in [0, 0.1) is 0 Å². The predicted molar refractivity (Wildman–Crippen MR) is 88.0 cm³/mol. The normalized spacial score (nSPS) is 25.8. The van der Waals surface area contributed by atoms with Crippen molar-refractivity contribution in [2.24, 2.45) is 0 Å². The Balaban J connectivity index is 1.76. The van der Waals surface area contributed by atoms with Crippen LogP contribution in [0.15, 0.2) is 48.5 Å². The second-order valence-electron chi connectivity index (χ2n) is 5.85. The third-order valence-electron chi connectivity index (χ3n) is 4.54. The van der Waals surface area contributed by atoms with Crippen LogP contribution in [0.2, 0.25) is 10.0 Å². The van der Waals surface area contributed by atoms with Crippen molar-refractivity contribution in [2.45, 2.75) is 37.2 Å². The van der Waals surface area contributed by atoms with E-state index in [2.05, 4.69) is 24.3 Å². The van der Waals surface area contributed by atoms with Gasteiger partial charge in [0, 0.05) is 0 Å². The molecule has 0 saturated heterocycles. The highest BCUT2D eigenvalue weighted by Gasteiger charge is 2.35. The summed E-state index contributed by atoms with van der Waals surface area (Å²) < 4.78 is 0. The predicted octanol–water partition coefficient (Wildman–Crippen LogP) is 5.54. The molecule has 1 saturated carbocycles. The van der Waals surface area contributed by atoms with Crippen molar-refractivity contribution >= 4 is 23.2 Å². The highest BCUT2D eigenvalue weighted by Crippen LogP contribution is 2.44. The highest BCUT2D eigenvalue weighted by molar-refractivity contribution is 6.42. The molecule has 110 valence electrons. The summed E-state index contributed by atoms with van der Waals surface area (Å²) in [5.74, 6) is 0.536. The average molecular weight is 321 g/mol. The molecule has 0 atom stereocenters. The van der Waals surface area contributed by atoms with Gasteiger partial charge in [0.05, 0.1) is 15.6 Å². The number of aliphatic hydroxyl groups is 1. The van der Waals surface area contributed by atoms with Gasteiger partial charge in [-0.15, -0.1) is 0 Å². The fraction of sp³-hybridized carbons (Fsp3) is 0.333. The van der Waals surface area contributed by atoms with Gasteiger partial charge < -0.3 is 5.11 Å². The summed E-state index contributed by atoms with van der Waals surface area (Å²) in [5, 5.41) is 12.0. The van der Waals surface area contributed by atoms with Crippen molar-refractivity contribution in [2.75, 3.05) is 0 Å². The maximum Gasteiger partial charge on any atom is 0.0897 e. The number of hydrogen-bond donors (Lipinski definition) is 1. The molecule has 2 aromatic rings. The second kappa shape index (κ2) is 6.00. The van der Waals surface area contributed by atoms with Gasteiger partial charge in [0.15, 0.2) is 0 Å². The van der Waals surface area contributed by atoms with E-state index in [0.717, 1.165) is 31.2 Å². The second-order valence-corrected chi connectivity index (χ2v) is 6.66. The van der Waals surface area contributed by atoms with Crippen LogP contribution in [0.5, 0.6) is 0 Å². The van der Waals surface area contributed by atoms with Gasteiger partial charge in [-0.05, 0) is 54.9 Å². The van der Waals surface area contributed by atoms with Crippen LogP contribution in [-0.4, -0.2) is 5.11 Å². The Bertz CT molecular complexity index is 616. The van der Waals surface area contributed by atoms with E-state index in [1.807, 2.05) is 12.1 Å². The Morgan fingerprint density at radius 1 is 0.905 bits per heavy atom. The molecule has 1 N–H and O–H groups in total. The summed E-state index contributed by atoms with van der Waals surface area (Å²) >= 11 is 12.0. The molecule has 3 rings (SSSR count). The van der Waals surface area contributed by atoms with Crippen molar-refractivity contribution in [3.05, 3.63) is 69.7 Å². The fourth-order valence-electron chi connectivity index (χ4n) is 3.23. The zero-order valence-electron chi connectivity index (χ0n) is 11.7. The fourth-order valence-corrected chi connectivity index (χ4v) is 3.53. The molecule has 2 aromatic carbocycles. The highest BCUT2D eigenvalue weighted by atomic mass is 35.5. The largest absolute Gasteiger partial charge is 0.385 e. The third kappa shape index (κ3) is 3.11. The Morgan fingerprint density at radius 2 is 1.57 bits per heavy atom. The molecule has 1 nitrogen and oxygen atoms in total. The van der Waals surface area contributed by atoms with Gasteiger partial charge in [-0.3, -0.25) is 0 Å². The van der Waals surface area contributed by atoms with Crippen molar-refractivity contribution in [3.63, 3.8) is 0 Å². The van der Waals surface area contributed by atoms with Gasteiger partial charge in [0.2, 0.25) is 0 Å². The molecular weight excluding hydrogens is 303 g/mol. The smallest absolute Gasteiger partial charge is 0.0897 e. The van der Waals surface area contributed by atoms with Gasteiger partial charge in [0.1, 0.15) is 0 Å². The first-order chi connectivity index (χ1) is 10.1. The van der Waals surface area contributed by atoms with Gasteiger partial charge in [-0.2, -0.15) is 0 Å². The number of halogens is 2. The molecule has 3 heteroatoms. The zero-order chi connectivity index (χ0) is 14.9. The van der Waals surface area contributed by atoms with E-state index < -0.39 is 5.60 Å². The Morgan fingerprint density at radius 3 is 2.19 bits per heavy atom. The molecule has 0 bridgehead atoms. The first-order valence-electron chi connectivity index (χ1n) is 7.31. The van der Waals surface area contributed by atoms with Gasteiger partial charge in [0.25, 0.3) is 0 Å². The number of benzene rings is 2. The van der Waals surface area contributed by atoms with Crippen LogP contribution in [0.1, 0.15) is 42.7 Å². The van der Waals surface area contributed by atoms with Crippen molar-refractivity contribution < 1.29 is 5.11 Å². The summed E-state index contributed by atoms with van der Waals surface area (Å²) in [4.78, 5) is 0.